The highest BCUT2D eigenvalue weighted by atomic mass is 32.1. The Kier molecular flexibility index (Phi) is 3.95. The van der Waals surface area contributed by atoms with Gasteiger partial charge in [-0.15, -0.1) is 11.3 Å². The minimum absolute atomic E-state index is 0.186. The summed E-state index contributed by atoms with van der Waals surface area (Å²) < 4.78 is 1.03. The molecule has 0 spiro atoms. The highest BCUT2D eigenvalue weighted by Crippen LogP contribution is 2.37. The van der Waals surface area contributed by atoms with Gasteiger partial charge in [0, 0.05) is 27.8 Å². The molecule has 1 saturated heterocycles. The van der Waals surface area contributed by atoms with Crippen LogP contribution in [0.3, 0.4) is 0 Å². The molecule has 0 amide bonds. The van der Waals surface area contributed by atoms with E-state index in [4.69, 9.17) is 0 Å². The normalized spacial score (nSPS) is 17.7. The molecule has 0 N–H and O–H groups in total. The zero-order valence-electron chi connectivity index (χ0n) is 12.4. The summed E-state index contributed by atoms with van der Waals surface area (Å²) in [5.41, 5.74) is 0.186. The number of likely N-dealkylation sites (tertiary alicyclic amines) is 1. The lowest BCUT2D eigenvalue weighted by Gasteiger charge is -2.34. The second-order valence-corrected chi connectivity index (χ2v) is 7.15. The second kappa shape index (κ2) is 5.73. The van der Waals surface area contributed by atoms with Crippen LogP contribution in [0.2, 0.25) is 0 Å². The average molecular weight is 304 g/mol. The van der Waals surface area contributed by atoms with Crippen molar-refractivity contribution < 1.29 is 4.92 Å². The lowest BCUT2D eigenvalue weighted by Crippen LogP contribution is -2.37. The lowest BCUT2D eigenvalue weighted by atomic mass is 9.94. The molecule has 1 fully saturated rings. The van der Waals surface area contributed by atoms with E-state index in [0.29, 0.717) is 12.0 Å². The fourth-order valence-electron chi connectivity index (χ4n) is 3.06. The van der Waals surface area contributed by atoms with E-state index in [9.17, 15) is 10.1 Å². The van der Waals surface area contributed by atoms with E-state index >= 15 is 0 Å². The molecular formula is C16H20N2O2S. The van der Waals surface area contributed by atoms with Crippen molar-refractivity contribution in [3.63, 3.8) is 0 Å². The number of hydrogen-bond donors (Lipinski definition) is 0. The number of piperidine rings is 1. The van der Waals surface area contributed by atoms with Crippen LogP contribution in [0.1, 0.15) is 37.5 Å². The van der Waals surface area contributed by atoms with E-state index < -0.39 is 0 Å². The van der Waals surface area contributed by atoms with Gasteiger partial charge in [0.1, 0.15) is 0 Å². The molecule has 21 heavy (non-hydrogen) atoms. The highest BCUT2D eigenvalue weighted by Gasteiger charge is 2.23. The number of nitro groups is 1. The topological polar surface area (TPSA) is 46.4 Å². The number of hydrogen-bond acceptors (Lipinski definition) is 4. The molecule has 1 aromatic heterocycles. The molecule has 1 aromatic carbocycles. The van der Waals surface area contributed by atoms with Gasteiger partial charge in [0.05, 0.1) is 4.92 Å². The number of rotatable bonds is 3. The van der Waals surface area contributed by atoms with Crippen LogP contribution in [-0.2, 0) is 0 Å². The summed E-state index contributed by atoms with van der Waals surface area (Å²) in [6.45, 7) is 6.80. The van der Waals surface area contributed by atoms with Gasteiger partial charge in [0.2, 0.25) is 0 Å². The number of nitrogens with zero attached hydrogens (tertiary/aromatic N) is 2. The van der Waals surface area contributed by atoms with Gasteiger partial charge in [-0.2, -0.15) is 0 Å². The molecule has 1 aliphatic heterocycles. The summed E-state index contributed by atoms with van der Waals surface area (Å²) in [6, 6.07) is 8.01. The number of nitro benzene ring substituents is 1. The maximum absolute atomic E-state index is 10.9. The molecule has 0 saturated carbocycles. The molecule has 0 radical (unpaired) electrons. The summed E-state index contributed by atoms with van der Waals surface area (Å²) in [7, 11) is 0. The third-order valence-electron chi connectivity index (χ3n) is 4.40. The Balaban J connectivity index is 1.80. The molecule has 3 rings (SSSR count). The van der Waals surface area contributed by atoms with Crippen molar-refractivity contribution in [3.05, 3.63) is 39.3 Å². The van der Waals surface area contributed by atoms with Gasteiger partial charge < -0.3 is 4.90 Å². The first kappa shape index (κ1) is 14.5. The summed E-state index contributed by atoms with van der Waals surface area (Å²) in [6.07, 6.45) is 2.38. The SMILES string of the molecule is CC(C)N1CCC(c2cc3ccc([N+](=O)[O-])cc3s2)CC1. The van der Waals surface area contributed by atoms with Gasteiger partial charge >= 0.3 is 0 Å². The van der Waals surface area contributed by atoms with Gasteiger partial charge in [-0.25, -0.2) is 0 Å². The Hall–Kier alpha value is -1.46. The van der Waals surface area contributed by atoms with Gasteiger partial charge in [-0.3, -0.25) is 10.1 Å². The third-order valence-corrected chi connectivity index (χ3v) is 5.66. The van der Waals surface area contributed by atoms with E-state index in [2.05, 4.69) is 24.8 Å². The van der Waals surface area contributed by atoms with Crippen LogP contribution >= 0.6 is 11.3 Å². The van der Waals surface area contributed by atoms with Crippen molar-refractivity contribution in [1.82, 2.24) is 4.90 Å². The zero-order valence-corrected chi connectivity index (χ0v) is 13.2. The smallest absolute Gasteiger partial charge is 0.270 e. The summed E-state index contributed by atoms with van der Waals surface area (Å²) >= 11 is 1.72. The Morgan fingerprint density at radius 1 is 1.29 bits per heavy atom. The number of fused-ring (bicyclic) bond motifs is 1. The predicted molar refractivity (Wildman–Crippen MR) is 87.2 cm³/mol. The maximum atomic E-state index is 10.9. The molecule has 0 bridgehead atoms. The maximum Gasteiger partial charge on any atom is 0.270 e. The summed E-state index contributed by atoms with van der Waals surface area (Å²) in [5, 5.41) is 12.0. The molecule has 0 unspecified atom stereocenters. The Morgan fingerprint density at radius 2 is 2.00 bits per heavy atom. The Labute approximate surface area is 128 Å². The summed E-state index contributed by atoms with van der Waals surface area (Å²) in [4.78, 5) is 14.4. The quantitative estimate of drug-likeness (QED) is 0.624. The van der Waals surface area contributed by atoms with Crippen molar-refractivity contribution in [2.75, 3.05) is 13.1 Å². The second-order valence-electron chi connectivity index (χ2n) is 6.03. The number of non-ortho nitro benzene ring substituents is 1. The minimum atomic E-state index is -0.319. The first-order valence-corrected chi connectivity index (χ1v) is 8.28. The van der Waals surface area contributed by atoms with E-state index in [-0.39, 0.29) is 10.6 Å². The van der Waals surface area contributed by atoms with Crippen LogP contribution in [-0.4, -0.2) is 29.0 Å². The van der Waals surface area contributed by atoms with Gasteiger partial charge in [0.15, 0.2) is 0 Å². The molecule has 0 aliphatic carbocycles. The highest BCUT2D eigenvalue weighted by molar-refractivity contribution is 7.19. The first-order valence-electron chi connectivity index (χ1n) is 7.46. The van der Waals surface area contributed by atoms with Crippen LogP contribution < -0.4 is 0 Å². The van der Waals surface area contributed by atoms with Crippen LogP contribution in [0.4, 0.5) is 5.69 Å². The lowest BCUT2D eigenvalue weighted by molar-refractivity contribution is -0.384. The summed E-state index contributed by atoms with van der Waals surface area (Å²) in [5.74, 6) is 0.608. The predicted octanol–water partition coefficient (Wildman–Crippen LogP) is 4.40. The van der Waals surface area contributed by atoms with Gasteiger partial charge in [-0.1, -0.05) is 0 Å². The molecule has 2 aromatic rings. The van der Waals surface area contributed by atoms with Crippen LogP contribution in [0, 0.1) is 10.1 Å². The van der Waals surface area contributed by atoms with Crippen molar-refractivity contribution in [1.29, 1.82) is 0 Å². The number of thiophene rings is 1. The molecule has 5 heteroatoms. The fraction of sp³-hybridized carbons (Fsp3) is 0.500. The first-order chi connectivity index (χ1) is 10.0. The fourth-order valence-corrected chi connectivity index (χ4v) is 4.32. The van der Waals surface area contributed by atoms with Crippen molar-refractivity contribution in [2.45, 2.75) is 38.6 Å². The molecule has 112 valence electrons. The van der Waals surface area contributed by atoms with E-state index in [1.165, 1.54) is 17.7 Å². The van der Waals surface area contributed by atoms with Crippen LogP contribution in [0.5, 0.6) is 0 Å². The Morgan fingerprint density at radius 3 is 2.62 bits per heavy atom. The standard InChI is InChI=1S/C16H20N2O2S/c1-11(2)17-7-5-12(6-8-17)15-9-13-3-4-14(18(19)20)10-16(13)21-15/h3-4,9-12H,5-8H2,1-2H3. The van der Waals surface area contributed by atoms with Crippen molar-refractivity contribution in [3.8, 4) is 0 Å². The molecule has 0 atom stereocenters. The largest absolute Gasteiger partial charge is 0.301 e. The Bertz CT molecular complexity index is 657. The monoisotopic (exact) mass is 304 g/mol. The minimum Gasteiger partial charge on any atom is -0.301 e. The molecule has 2 heterocycles. The van der Waals surface area contributed by atoms with Crippen LogP contribution in [0.25, 0.3) is 10.1 Å². The van der Waals surface area contributed by atoms with E-state index in [1.807, 2.05) is 6.07 Å². The van der Waals surface area contributed by atoms with Crippen molar-refractivity contribution in [2.24, 2.45) is 0 Å². The number of benzene rings is 1. The van der Waals surface area contributed by atoms with Gasteiger partial charge in [0.25, 0.3) is 5.69 Å². The molecule has 1 aliphatic rings. The van der Waals surface area contributed by atoms with Crippen molar-refractivity contribution >= 4 is 27.1 Å². The molecular weight excluding hydrogens is 284 g/mol. The van der Waals surface area contributed by atoms with Gasteiger partial charge in [-0.05, 0) is 63.2 Å². The third kappa shape index (κ3) is 2.94. The van der Waals surface area contributed by atoms with E-state index in [0.717, 1.165) is 23.2 Å². The molecule has 4 nitrogen and oxygen atoms in total. The average Bonchev–Trinajstić information content (AvgIpc) is 2.90. The van der Waals surface area contributed by atoms with E-state index in [1.54, 1.807) is 23.5 Å². The van der Waals surface area contributed by atoms with Crippen LogP contribution in [0.15, 0.2) is 24.3 Å². The zero-order chi connectivity index (χ0) is 15.0.